The minimum atomic E-state index is -0.135. The Bertz CT molecular complexity index is 685. The zero-order valence-corrected chi connectivity index (χ0v) is 12.6. The van der Waals surface area contributed by atoms with Gasteiger partial charge in [0.25, 0.3) is 0 Å². The monoisotopic (exact) mass is 280 g/mol. The first-order valence-corrected chi connectivity index (χ1v) is 7.96. The molecule has 4 rings (SSSR count). The van der Waals surface area contributed by atoms with Crippen molar-refractivity contribution in [3.05, 3.63) is 47.0 Å². The fourth-order valence-corrected chi connectivity index (χ4v) is 4.73. The van der Waals surface area contributed by atoms with E-state index in [0.717, 1.165) is 19.3 Å². The summed E-state index contributed by atoms with van der Waals surface area (Å²) in [7, 11) is 0. The summed E-state index contributed by atoms with van der Waals surface area (Å²) < 4.78 is 0. The van der Waals surface area contributed by atoms with Crippen LogP contribution in [0, 0.1) is 23.2 Å². The van der Waals surface area contributed by atoms with Crippen LogP contribution in [0.1, 0.15) is 53.0 Å². The van der Waals surface area contributed by atoms with E-state index in [9.17, 15) is 9.59 Å². The summed E-state index contributed by atoms with van der Waals surface area (Å²) in [6.45, 7) is 4.26. The van der Waals surface area contributed by atoms with E-state index in [2.05, 4.69) is 26.0 Å². The Kier molecular flexibility index (Phi) is 2.57. The number of carbonyl (C=O) groups is 2. The Labute approximate surface area is 125 Å². The third-order valence-electron chi connectivity index (χ3n) is 5.67. The smallest absolute Gasteiger partial charge is 0.168 e. The second kappa shape index (κ2) is 4.16. The normalized spacial score (nSPS) is 36.0. The first-order valence-electron chi connectivity index (χ1n) is 7.96. The lowest BCUT2D eigenvalue weighted by Crippen LogP contribution is -2.42. The van der Waals surface area contributed by atoms with Crippen molar-refractivity contribution in [2.75, 3.05) is 0 Å². The highest BCUT2D eigenvalue weighted by atomic mass is 16.1. The molecular formula is C19H20O2. The molecule has 4 atom stereocenters. The van der Waals surface area contributed by atoms with Gasteiger partial charge in [-0.05, 0) is 35.8 Å². The van der Waals surface area contributed by atoms with Gasteiger partial charge in [0.15, 0.2) is 11.6 Å². The van der Waals surface area contributed by atoms with Gasteiger partial charge in [0, 0.05) is 23.0 Å². The number of hydrogen-bond acceptors (Lipinski definition) is 2. The Hall–Kier alpha value is -1.70. The van der Waals surface area contributed by atoms with Gasteiger partial charge >= 0.3 is 0 Å². The number of fused-ring (bicyclic) bond motifs is 6. The molecule has 0 amide bonds. The average molecular weight is 280 g/mol. The van der Waals surface area contributed by atoms with Crippen molar-refractivity contribution in [2.45, 2.75) is 33.1 Å². The highest BCUT2D eigenvalue weighted by Gasteiger charge is 2.60. The molecule has 2 heteroatoms. The van der Waals surface area contributed by atoms with Crippen molar-refractivity contribution in [3.63, 3.8) is 0 Å². The minimum Gasteiger partial charge on any atom is -0.294 e. The molecule has 0 radical (unpaired) electrons. The Morgan fingerprint density at radius 3 is 2.76 bits per heavy atom. The van der Waals surface area contributed by atoms with Gasteiger partial charge < -0.3 is 0 Å². The summed E-state index contributed by atoms with van der Waals surface area (Å²) in [5.41, 5.74) is 2.39. The molecule has 1 saturated carbocycles. The van der Waals surface area contributed by atoms with Crippen molar-refractivity contribution in [1.82, 2.24) is 0 Å². The fourth-order valence-electron chi connectivity index (χ4n) is 4.73. The number of allylic oxidation sites excluding steroid dienone is 2. The molecule has 0 saturated heterocycles. The maximum atomic E-state index is 12.9. The second-order valence-corrected chi connectivity index (χ2v) is 7.09. The zero-order valence-electron chi connectivity index (χ0n) is 12.6. The first kappa shape index (κ1) is 13.0. The van der Waals surface area contributed by atoms with Crippen LogP contribution >= 0.6 is 0 Å². The predicted molar refractivity (Wildman–Crippen MR) is 81.4 cm³/mol. The summed E-state index contributed by atoms with van der Waals surface area (Å²) in [6.07, 6.45) is 7.30. The maximum absolute atomic E-state index is 12.9. The van der Waals surface area contributed by atoms with Gasteiger partial charge in [-0.15, -0.1) is 0 Å². The Morgan fingerprint density at radius 2 is 2.00 bits per heavy atom. The molecule has 108 valence electrons. The molecule has 0 heterocycles. The van der Waals surface area contributed by atoms with Crippen LogP contribution in [-0.4, -0.2) is 11.6 Å². The summed E-state index contributed by atoms with van der Waals surface area (Å²) in [6, 6.07) is 5.86. The minimum absolute atomic E-state index is 0.109. The number of benzene rings is 1. The van der Waals surface area contributed by atoms with Gasteiger partial charge in [-0.25, -0.2) is 0 Å². The summed E-state index contributed by atoms with van der Waals surface area (Å²) in [4.78, 5) is 25.9. The van der Waals surface area contributed by atoms with E-state index in [1.54, 1.807) is 0 Å². The van der Waals surface area contributed by atoms with Crippen molar-refractivity contribution in [2.24, 2.45) is 23.2 Å². The van der Waals surface area contributed by atoms with Crippen molar-refractivity contribution < 1.29 is 9.59 Å². The standard InChI is InChI=1S/C19H20O2/c1-3-4-11-5-6-13-14(9-11)17(20)15-12-7-8-19(2,10-12)16(15)18(13)21/h5-9,12,15-16H,3-4,10H2,1-2H3. The van der Waals surface area contributed by atoms with Gasteiger partial charge in [-0.1, -0.05) is 44.6 Å². The third-order valence-corrected chi connectivity index (χ3v) is 5.67. The Morgan fingerprint density at radius 1 is 1.19 bits per heavy atom. The molecule has 1 aromatic carbocycles. The molecule has 21 heavy (non-hydrogen) atoms. The maximum Gasteiger partial charge on any atom is 0.168 e. The van der Waals surface area contributed by atoms with E-state index in [1.165, 1.54) is 5.56 Å². The molecule has 3 aliphatic carbocycles. The van der Waals surface area contributed by atoms with Crippen LogP contribution in [0.25, 0.3) is 0 Å². The lowest BCUT2D eigenvalue weighted by molar-refractivity contribution is 0.0676. The third kappa shape index (κ3) is 1.59. The molecule has 2 nitrogen and oxygen atoms in total. The Balaban J connectivity index is 1.85. The SMILES string of the molecule is CCCc1ccc2c(c1)C(=O)C1C3C=CC(C)(C3)C1C2=O. The van der Waals surface area contributed by atoms with Gasteiger partial charge in [-0.2, -0.15) is 0 Å². The van der Waals surface area contributed by atoms with Crippen LogP contribution in [-0.2, 0) is 6.42 Å². The summed E-state index contributed by atoms with van der Waals surface area (Å²) >= 11 is 0. The van der Waals surface area contributed by atoms with Crippen LogP contribution in [0.5, 0.6) is 0 Å². The number of Topliss-reactive ketones (excluding diaryl/α,β-unsaturated/α-hetero) is 2. The molecule has 4 unspecified atom stereocenters. The lowest BCUT2D eigenvalue weighted by Gasteiger charge is -2.36. The molecular weight excluding hydrogens is 260 g/mol. The molecule has 0 aromatic heterocycles. The first-order chi connectivity index (χ1) is 10.0. The molecule has 3 aliphatic rings. The van der Waals surface area contributed by atoms with E-state index in [4.69, 9.17) is 0 Å². The van der Waals surface area contributed by atoms with Crippen LogP contribution in [0.3, 0.4) is 0 Å². The van der Waals surface area contributed by atoms with Gasteiger partial charge in [-0.3, -0.25) is 9.59 Å². The van der Waals surface area contributed by atoms with E-state index in [1.807, 2.05) is 18.2 Å². The highest BCUT2D eigenvalue weighted by Crippen LogP contribution is 2.59. The molecule has 0 spiro atoms. The predicted octanol–water partition coefficient (Wildman–Crippen LogP) is 3.85. The van der Waals surface area contributed by atoms with E-state index >= 15 is 0 Å². The lowest BCUT2D eigenvalue weighted by atomic mass is 9.65. The van der Waals surface area contributed by atoms with Crippen molar-refractivity contribution in [3.8, 4) is 0 Å². The van der Waals surface area contributed by atoms with Gasteiger partial charge in [0.1, 0.15) is 0 Å². The highest BCUT2D eigenvalue weighted by molar-refractivity contribution is 6.17. The quantitative estimate of drug-likeness (QED) is 0.771. The van der Waals surface area contributed by atoms with Crippen LogP contribution in [0.2, 0.25) is 0 Å². The average Bonchev–Trinajstić information content (AvgIpc) is 2.98. The van der Waals surface area contributed by atoms with Crippen LogP contribution < -0.4 is 0 Å². The largest absolute Gasteiger partial charge is 0.294 e. The van der Waals surface area contributed by atoms with E-state index in [-0.39, 0.29) is 34.7 Å². The molecule has 0 aliphatic heterocycles. The van der Waals surface area contributed by atoms with Crippen molar-refractivity contribution in [1.29, 1.82) is 0 Å². The van der Waals surface area contributed by atoms with Gasteiger partial charge in [0.05, 0.1) is 0 Å². The zero-order chi connectivity index (χ0) is 14.8. The summed E-state index contributed by atoms with van der Waals surface area (Å²) in [5, 5.41) is 0. The number of hydrogen-bond donors (Lipinski definition) is 0. The topological polar surface area (TPSA) is 34.1 Å². The van der Waals surface area contributed by atoms with Crippen molar-refractivity contribution >= 4 is 11.6 Å². The number of rotatable bonds is 2. The fraction of sp³-hybridized carbons (Fsp3) is 0.474. The second-order valence-electron chi connectivity index (χ2n) is 7.09. The van der Waals surface area contributed by atoms with Crippen LogP contribution in [0.15, 0.2) is 30.4 Å². The van der Waals surface area contributed by atoms with E-state index < -0.39 is 0 Å². The number of carbonyl (C=O) groups excluding carboxylic acids is 2. The molecule has 1 aromatic rings. The summed E-state index contributed by atoms with van der Waals surface area (Å²) in [5.74, 6) is 0.401. The van der Waals surface area contributed by atoms with E-state index in [0.29, 0.717) is 11.1 Å². The van der Waals surface area contributed by atoms with Gasteiger partial charge in [0.2, 0.25) is 0 Å². The van der Waals surface area contributed by atoms with Crippen LogP contribution in [0.4, 0.5) is 0 Å². The molecule has 2 bridgehead atoms. The molecule has 1 fully saturated rings. The number of ketones is 2. The number of aryl methyl sites for hydroxylation is 1. The molecule has 0 N–H and O–H groups in total.